The predicted octanol–water partition coefficient (Wildman–Crippen LogP) is -13.6. The van der Waals surface area contributed by atoms with Gasteiger partial charge >= 0.3 is 148 Å². The Kier molecular flexibility index (Phi) is 66.3. The van der Waals surface area contributed by atoms with Crippen LogP contribution in [0.2, 0.25) is 47.6 Å². The molecule has 0 radical (unpaired) electrons. The number of hydrogen-bond donors (Lipinski definition) is 22. The van der Waals surface area contributed by atoms with Gasteiger partial charge in [0.15, 0.2) is 0 Å². The minimum atomic E-state index is -4.49. The van der Waals surface area contributed by atoms with Gasteiger partial charge in [-0.3, -0.25) is 0 Å². The van der Waals surface area contributed by atoms with Crippen LogP contribution in [-0.2, 0) is 50.6 Å². The molecule has 58 nitrogen and oxygen atoms in total. The Morgan fingerprint density at radius 2 is 0.418 bits per heavy atom. The van der Waals surface area contributed by atoms with Gasteiger partial charge in [-0.15, -0.1) is 0 Å². The molecule has 742 valence electrons. The first kappa shape index (κ1) is 135. The molecule has 11 aromatic rings. The van der Waals surface area contributed by atoms with E-state index < -0.39 is 111 Å². The van der Waals surface area contributed by atoms with Crippen LogP contribution in [0.25, 0.3) is 0 Å². The van der Waals surface area contributed by atoms with Gasteiger partial charge in [0, 0.05) is 97.9 Å². The third-order valence-corrected chi connectivity index (χ3v) is 19.2. The molecule has 77 heteroatoms. The van der Waals surface area contributed by atoms with E-state index in [1.54, 1.807) is 97.1 Å². The summed E-state index contributed by atoms with van der Waals surface area (Å²) in [5.74, 6) is -2.89. The number of benzene rings is 4. The van der Waals surface area contributed by atoms with E-state index in [1.165, 1.54) is 0 Å². The van der Waals surface area contributed by atoms with Gasteiger partial charge in [-0.2, -0.15) is 105 Å². The summed E-state index contributed by atoms with van der Waals surface area (Å²) in [4.78, 5) is 81.7. The van der Waals surface area contributed by atoms with Gasteiger partial charge in [-0.25, -0.2) is 42.1 Å². The summed E-state index contributed by atoms with van der Waals surface area (Å²) >= 11 is 50.6. The molecule has 0 bridgehead atoms. The molecule has 7 heterocycles. The number of halogens is 9. The van der Waals surface area contributed by atoms with Crippen molar-refractivity contribution in [3.05, 3.63) is 145 Å². The topological polar surface area (TPSA) is 927 Å². The van der Waals surface area contributed by atoms with Crippen LogP contribution in [0.4, 0.5) is 117 Å². The van der Waals surface area contributed by atoms with Crippen molar-refractivity contribution in [1.29, 1.82) is 0 Å². The van der Waals surface area contributed by atoms with Gasteiger partial charge in [-0.05, 0) is 201 Å². The van der Waals surface area contributed by atoms with E-state index in [0.717, 1.165) is 11.4 Å². The van der Waals surface area contributed by atoms with Gasteiger partial charge in [0.2, 0.25) is 119 Å². The second-order valence-corrected chi connectivity index (χ2v) is 35.8. The van der Waals surface area contributed by atoms with Gasteiger partial charge in [0.25, 0.3) is 0 Å². The van der Waals surface area contributed by atoms with Crippen LogP contribution in [0.5, 0.6) is 0 Å². The maximum atomic E-state index is 10.9. The van der Waals surface area contributed by atoms with E-state index in [9.17, 15) is 75.1 Å². The van der Waals surface area contributed by atoms with Crippen LogP contribution in [0.3, 0.4) is 0 Å². The molecule has 0 saturated heterocycles. The molecule has 7 aromatic heterocycles. The number of rotatable bonds is 40. The number of anilines is 20. The maximum absolute atomic E-state index is 10.9. The zero-order valence-corrected chi connectivity index (χ0v) is 94.6. The number of nitrogens with one attached hydrogen (secondary N) is 12. The summed E-state index contributed by atoms with van der Waals surface area (Å²) in [6.45, 7) is -2.42. The first-order valence-electron chi connectivity index (χ1n) is 37.0. The van der Waals surface area contributed by atoms with E-state index in [1.807, 2.05) is 0 Å². The molecule has 0 saturated carbocycles. The Morgan fingerprint density at radius 3 is 0.596 bits per heavy atom. The first-order valence-corrected chi connectivity index (χ1v) is 48.3. The summed E-state index contributed by atoms with van der Waals surface area (Å²) in [7, 11) is -21.8. The van der Waals surface area contributed by atoms with Gasteiger partial charge in [0.1, 0.15) is 0 Å². The van der Waals surface area contributed by atoms with E-state index in [4.69, 9.17) is 148 Å². The van der Waals surface area contributed by atoms with Gasteiger partial charge in [-0.1, -0.05) is 0 Å². The average Bonchev–Trinajstić information content (AvgIpc) is 0.849. The zero-order chi connectivity index (χ0) is 101. The molecular weight excluding hydrogens is 2220 g/mol. The predicted molar refractivity (Wildman–Crippen MR) is 499 cm³/mol. The fourth-order valence-electron chi connectivity index (χ4n) is 8.32. The molecule has 0 fully saturated rings. The molecule has 0 aliphatic heterocycles. The number of aliphatic hydroxyl groups excluding tert-OH is 6. The van der Waals surface area contributed by atoms with Crippen molar-refractivity contribution in [3.63, 3.8) is 0 Å². The monoisotopic (exact) mass is 2290 g/mol. The fourth-order valence-corrected chi connectivity index (χ4v) is 11.7. The van der Waals surface area contributed by atoms with Crippen LogP contribution in [-0.4, -0.2) is 319 Å². The van der Waals surface area contributed by atoms with Crippen molar-refractivity contribution in [3.8, 4) is 0 Å². The molecule has 11 rings (SSSR count). The van der Waals surface area contributed by atoms with Crippen molar-refractivity contribution in [2.75, 3.05) is 176 Å². The first-order chi connectivity index (χ1) is 63.9. The summed E-state index contributed by atoms with van der Waals surface area (Å²) in [6.07, 6.45) is -2.95. The van der Waals surface area contributed by atoms with Crippen molar-refractivity contribution >= 4 is 272 Å². The second kappa shape index (κ2) is 69.2. The summed E-state index contributed by atoms with van der Waals surface area (Å²) < 4.78 is 159. The Bertz CT molecular complexity index is 5840. The van der Waals surface area contributed by atoms with Crippen molar-refractivity contribution in [2.24, 2.45) is 11.5 Å². The summed E-state index contributed by atoms with van der Waals surface area (Å²) in [6, 6.07) is 27.3. The molecule has 141 heavy (non-hydrogen) atoms. The quantitative estimate of drug-likeness (QED) is 0.00963. The molecule has 3 atom stereocenters. The zero-order valence-electron chi connectivity index (χ0n) is 73.7. The van der Waals surface area contributed by atoms with Crippen LogP contribution in [0.15, 0.2) is 97.1 Å². The number of hydrogen-bond acceptors (Lipinski definition) is 58. The van der Waals surface area contributed by atoms with Crippen LogP contribution < -0.4 is 235 Å². The molecule has 0 spiro atoms. The number of aliphatic hydroxyl groups is 6. The van der Waals surface area contributed by atoms with Gasteiger partial charge < -0.3 is 140 Å². The Balaban J connectivity index is 0.00000182. The molecule has 26 N–H and O–H groups in total. The number of aromatic nitrogens is 21. The third kappa shape index (κ3) is 63.3. The Hall–Kier alpha value is -6.01. The largest absolute Gasteiger partial charge is 1.00 e. The van der Waals surface area contributed by atoms with E-state index in [-0.39, 0.29) is 326 Å². The second-order valence-electron chi connectivity index (χ2n) is 25.1. The minimum absolute atomic E-state index is 0. The van der Waals surface area contributed by atoms with Crippen molar-refractivity contribution < 1.29 is 243 Å². The molecule has 4 aromatic carbocycles. The average molecular weight is 2290 g/mol. The third-order valence-electron chi connectivity index (χ3n) is 14.1. The van der Waals surface area contributed by atoms with Gasteiger partial charge in [0.05, 0.1) is 117 Å². The molecule has 0 aliphatic rings. The van der Waals surface area contributed by atoms with Crippen LogP contribution in [0.1, 0.15) is 0 Å². The Labute approximate surface area is 958 Å². The smallest absolute Gasteiger partial charge is 0.748 e. The van der Waals surface area contributed by atoms with E-state index >= 15 is 0 Å². The number of nitrogen functional groups attached to an aromatic ring is 2. The number of nitrogens with two attached hydrogens (primary N) is 4. The summed E-state index contributed by atoms with van der Waals surface area (Å²) in [5, 5.41) is 86.6. The van der Waals surface area contributed by atoms with E-state index in [0.29, 0.717) is 34.1 Å². The standard InChI is InChI=1S/C22H34N12O10S2.C16H18Cl2N10O6S2.C12H6Cl4N8.C6H8N2.C3Cl3N3.C3H9NO2.C2H7NO3S.5Na/c35-11-15(37)9-25-19-29-17(23-5-7-45(39,40)41)31-21(33-19)27-13-1-2-14(4-3-13)28-22-32-18(24-6-8-46(42,43)44)30-20(34-22)26-10-16(38)12-36;17-11-23-13(19-5-7-35(29,30)31)27-15(25-11)21-9-1-2-10(4-3-9)22-16-26-12(18)24-14(28-16)20-6-8-36(32,33)34;13-7-19-8(14)22-11(21-7)17-5-1-2-6(4-3-5)18-12-23-9(15)20-10(16)24-12;7-5-1-2-6(8)4-3-5;4-1-7-2(5)9-3(6)8-1;4-1-3(6)2-5;3-1-2-7(4,5)6;;;;;/h1-4,15-16,35-38H,5-12H2,(H,39,40,41)(H,42,43,44)(H3,23,25,27,29,31,33)(H3,24,26,28,30,32,34);1-4H,5-8H2,(H,29,30,31)(H,32,33,34)(H2,19,21,23,25,27)(H2,20,22,24,26,28);1-4H,(H,17,19,21,22)(H,18,20,23,24);1-4H,7-8H2;;3,5-6H,1-2,4H2;1-3H2,(H,4,5,6);;;;;/q;;;;;;;5*+1/p-5. The Morgan fingerprint density at radius 1 is 0.255 bits per heavy atom. The molecule has 3 unspecified atom stereocenters. The van der Waals surface area contributed by atoms with Crippen LogP contribution >= 0.6 is 104 Å². The maximum Gasteiger partial charge on any atom is 1.00 e. The van der Waals surface area contributed by atoms with Crippen molar-refractivity contribution in [2.45, 2.75) is 18.3 Å². The minimum Gasteiger partial charge on any atom is -0.748 e. The SMILES string of the molecule is Clc1nc(Cl)nc(Cl)n1.Clc1nc(Cl)nc(Nc2ccc(Nc3nc(Cl)nc(Cl)n3)cc2)n1.NCC(O)CO.NCCS(=O)(=O)[O-].Nc1ccc(N)cc1.O=S(=O)([O-])CCNc1nc(Cl)nc(Nc2ccc(Nc3nc(Cl)nc(NCCS(=O)(=O)[O-])n3)cc2)n1.O=S(=O)([O-])CCNc1nc(NCC(O)CO)nc(Nc2ccc(Nc3nc(NCCS(=O)(=O)[O-])nc(NCC(O)CO)n3)cc2)n1.[Na+].[Na+].[Na+].[Na+].[Na+]. The number of nitrogens with zero attached hydrogens (tertiary/aromatic N) is 21. The normalized spacial score (nSPS) is 11.3. The molecule has 0 aliphatic carbocycles. The molecule has 0 amide bonds. The summed E-state index contributed by atoms with van der Waals surface area (Å²) in [5.41, 5.74) is 25.3. The van der Waals surface area contributed by atoms with Crippen molar-refractivity contribution in [1.82, 2.24) is 105 Å². The molecular formula is C64H77Cl9N37Na5O21S5. The van der Waals surface area contributed by atoms with E-state index in [2.05, 4.69) is 168 Å². The van der Waals surface area contributed by atoms with Crippen LogP contribution in [0, 0.1) is 0 Å². The fraction of sp³-hybridized carbons (Fsp3) is 0.297.